The Hall–Kier alpha value is 0.0600. The fraction of sp³-hybridized carbons (Fsp3) is 0.929. The highest BCUT2D eigenvalue weighted by atomic mass is 35.5. The molecule has 0 aromatic heterocycles. The summed E-state index contributed by atoms with van der Waals surface area (Å²) >= 11 is 17.5. The quantitative estimate of drug-likeness (QED) is 0.174. The molecule has 1 heterocycles. The highest BCUT2D eigenvalue weighted by Crippen LogP contribution is 2.36. The van der Waals surface area contributed by atoms with Crippen molar-refractivity contribution < 1.29 is 44.2 Å². The molecule has 1 aliphatic heterocycles. The van der Waals surface area contributed by atoms with Crippen LogP contribution in [-0.4, -0.2) is 99.8 Å². The standard InChI is InChI=1S/C14H23Cl3O9/c1-7(17)10(4-23-6-19)24-13(8(20)3-18)26-14(5-16)12(22)11(21)9(2-15)25-14/h6-13,18,20-22H,2-5H2,1H3/t7-,8+,9-,10?,11-,12-,13-,14-/m1/s1. The van der Waals surface area contributed by atoms with E-state index < -0.39 is 60.5 Å². The molecule has 0 aromatic carbocycles. The van der Waals surface area contributed by atoms with Crippen LogP contribution >= 0.6 is 34.8 Å². The van der Waals surface area contributed by atoms with Crippen molar-refractivity contribution in [2.45, 2.75) is 54.9 Å². The van der Waals surface area contributed by atoms with Gasteiger partial charge in [0.1, 0.15) is 37.1 Å². The van der Waals surface area contributed by atoms with Gasteiger partial charge in [-0.05, 0) is 6.92 Å². The molecule has 12 heteroatoms. The highest BCUT2D eigenvalue weighted by molar-refractivity contribution is 6.20. The molecule has 0 aromatic rings. The maximum absolute atomic E-state index is 10.4. The summed E-state index contributed by atoms with van der Waals surface area (Å²) in [7, 11) is 0. The van der Waals surface area contributed by atoms with Crippen LogP contribution in [0.1, 0.15) is 6.92 Å². The molecular weight excluding hydrogens is 419 g/mol. The summed E-state index contributed by atoms with van der Waals surface area (Å²) in [5, 5.41) is 38.8. The molecule has 0 spiro atoms. The van der Waals surface area contributed by atoms with E-state index >= 15 is 0 Å². The normalized spacial score (nSPS) is 33.5. The number of carbonyl (C=O) groups is 1. The lowest BCUT2D eigenvalue weighted by Crippen LogP contribution is -2.53. The van der Waals surface area contributed by atoms with Crippen molar-refractivity contribution in [1.82, 2.24) is 0 Å². The number of carbonyl (C=O) groups excluding carboxylic acids is 1. The van der Waals surface area contributed by atoms with Crippen LogP contribution in [0.15, 0.2) is 0 Å². The Labute approximate surface area is 165 Å². The second kappa shape index (κ2) is 11.2. The van der Waals surface area contributed by atoms with E-state index in [4.69, 9.17) is 49.0 Å². The molecule has 0 bridgehead atoms. The lowest BCUT2D eigenvalue weighted by Gasteiger charge is -2.37. The molecule has 1 rings (SSSR count). The minimum atomic E-state index is -1.95. The zero-order chi connectivity index (χ0) is 19.9. The zero-order valence-corrected chi connectivity index (χ0v) is 16.2. The second-order valence-electron chi connectivity index (χ2n) is 5.71. The number of aliphatic hydroxyl groups excluding tert-OH is 4. The Morgan fingerprint density at radius 3 is 2.42 bits per heavy atom. The van der Waals surface area contributed by atoms with E-state index in [2.05, 4.69) is 4.74 Å². The zero-order valence-electron chi connectivity index (χ0n) is 13.9. The first-order valence-electron chi connectivity index (χ1n) is 7.73. The van der Waals surface area contributed by atoms with Gasteiger partial charge in [0, 0.05) is 0 Å². The number of aliphatic hydroxyl groups is 4. The first-order chi connectivity index (χ1) is 12.3. The molecule has 1 saturated heterocycles. The maximum Gasteiger partial charge on any atom is 0.293 e. The van der Waals surface area contributed by atoms with E-state index in [1.165, 1.54) is 0 Å². The Morgan fingerprint density at radius 1 is 1.35 bits per heavy atom. The molecule has 1 fully saturated rings. The van der Waals surface area contributed by atoms with E-state index in [-0.39, 0.29) is 19.0 Å². The molecule has 0 aliphatic carbocycles. The third-order valence-corrected chi connectivity index (χ3v) is 4.77. The molecule has 26 heavy (non-hydrogen) atoms. The Morgan fingerprint density at radius 2 is 2.00 bits per heavy atom. The summed E-state index contributed by atoms with van der Waals surface area (Å²) in [5.41, 5.74) is 0. The number of halogens is 3. The van der Waals surface area contributed by atoms with Crippen LogP contribution in [0.4, 0.5) is 0 Å². The van der Waals surface area contributed by atoms with Crippen LogP contribution in [0.25, 0.3) is 0 Å². The lowest BCUT2D eigenvalue weighted by atomic mass is 10.1. The number of hydrogen-bond acceptors (Lipinski definition) is 9. The van der Waals surface area contributed by atoms with E-state index in [1.807, 2.05) is 0 Å². The molecule has 4 N–H and O–H groups in total. The highest BCUT2D eigenvalue weighted by Gasteiger charge is 2.56. The average Bonchev–Trinajstić information content (AvgIpc) is 2.88. The van der Waals surface area contributed by atoms with Gasteiger partial charge in [-0.1, -0.05) is 0 Å². The van der Waals surface area contributed by atoms with E-state index in [0.717, 1.165) is 0 Å². The van der Waals surface area contributed by atoms with E-state index in [0.29, 0.717) is 0 Å². The molecule has 1 unspecified atom stereocenters. The van der Waals surface area contributed by atoms with Gasteiger partial charge in [-0.2, -0.15) is 0 Å². The first-order valence-corrected chi connectivity index (χ1v) is 9.24. The molecule has 1 aliphatic rings. The van der Waals surface area contributed by atoms with Crippen molar-refractivity contribution in [3.63, 3.8) is 0 Å². The van der Waals surface area contributed by atoms with Crippen molar-refractivity contribution in [1.29, 1.82) is 0 Å². The summed E-state index contributed by atoms with van der Waals surface area (Å²) in [6.45, 7) is 0.725. The maximum atomic E-state index is 10.4. The molecule has 0 radical (unpaired) electrons. The van der Waals surface area contributed by atoms with Crippen LogP contribution in [0.5, 0.6) is 0 Å². The van der Waals surface area contributed by atoms with Gasteiger partial charge < -0.3 is 39.4 Å². The van der Waals surface area contributed by atoms with Crippen LogP contribution in [0, 0.1) is 0 Å². The number of alkyl halides is 3. The Balaban J connectivity index is 2.99. The Kier molecular flexibility index (Phi) is 10.3. The molecule has 9 nitrogen and oxygen atoms in total. The van der Waals surface area contributed by atoms with Crippen molar-refractivity contribution in [3.8, 4) is 0 Å². The first kappa shape index (κ1) is 24.1. The monoisotopic (exact) mass is 440 g/mol. The van der Waals surface area contributed by atoms with Gasteiger partial charge in [0.05, 0.1) is 23.7 Å². The third kappa shape index (κ3) is 5.78. The van der Waals surface area contributed by atoms with Crippen molar-refractivity contribution in [3.05, 3.63) is 0 Å². The van der Waals surface area contributed by atoms with Gasteiger partial charge in [0.2, 0.25) is 5.79 Å². The smallest absolute Gasteiger partial charge is 0.293 e. The van der Waals surface area contributed by atoms with Crippen molar-refractivity contribution >= 4 is 41.3 Å². The van der Waals surface area contributed by atoms with Gasteiger partial charge >= 0.3 is 0 Å². The van der Waals surface area contributed by atoms with E-state index in [1.54, 1.807) is 6.92 Å². The largest absolute Gasteiger partial charge is 0.465 e. The van der Waals surface area contributed by atoms with E-state index in [9.17, 15) is 25.2 Å². The van der Waals surface area contributed by atoms with Crippen molar-refractivity contribution in [2.75, 3.05) is 25.0 Å². The van der Waals surface area contributed by atoms with Gasteiger partial charge in [-0.15, -0.1) is 34.8 Å². The van der Waals surface area contributed by atoms with Crippen LogP contribution in [0.2, 0.25) is 0 Å². The SMILES string of the molecule is C[C@@H](Cl)C(COC=O)O[C@H](O[C@@]1(CCl)O[C@H](CCl)[C@@H](O)[C@H]1O)[C@@H](O)CO. The molecule has 8 atom stereocenters. The number of rotatable bonds is 12. The summed E-state index contributed by atoms with van der Waals surface area (Å²) in [6, 6.07) is 0. The summed E-state index contributed by atoms with van der Waals surface area (Å²) < 4.78 is 21.1. The van der Waals surface area contributed by atoms with Gasteiger partial charge in [-0.25, -0.2) is 0 Å². The van der Waals surface area contributed by atoms with Crippen LogP contribution in [0.3, 0.4) is 0 Å². The van der Waals surface area contributed by atoms with Crippen LogP contribution < -0.4 is 0 Å². The minimum absolute atomic E-state index is 0.150. The van der Waals surface area contributed by atoms with Gasteiger partial charge in [-0.3, -0.25) is 4.79 Å². The topological polar surface area (TPSA) is 135 Å². The molecule has 0 saturated carbocycles. The second-order valence-corrected chi connectivity index (χ2v) is 6.97. The summed E-state index contributed by atoms with van der Waals surface area (Å²) in [5.74, 6) is -2.54. The minimum Gasteiger partial charge on any atom is -0.465 e. The lowest BCUT2D eigenvalue weighted by molar-refractivity contribution is -0.340. The summed E-state index contributed by atoms with van der Waals surface area (Å²) in [6.07, 6.45) is -8.03. The third-order valence-electron chi connectivity index (χ3n) is 3.81. The predicted octanol–water partition coefficient (Wildman–Crippen LogP) is -0.838. The molecule has 0 amide bonds. The average molecular weight is 442 g/mol. The Bertz CT molecular complexity index is 430. The predicted molar refractivity (Wildman–Crippen MR) is 91.2 cm³/mol. The van der Waals surface area contributed by atoms with Crippen LogP contribution in [-0.2, 0) is 23.7 Å². The van der Waals surface area contributed by atoms with Crippen molar-refractivity contribution in [2.24, 2.45) is 0 Å². The van der Waals surface area contributed by atoms with Gasteiger partial charge in [0.15, 0.2) is 6.29 Å². The molecular formula is C14H23Cl3O9. The molecule has 154 valence electrons. The number of hydrogen-bond donors (Lipinski definition) is 4. The fourth-order valence-electron chi connectivity index (χ4n) is 2.29. The number of ether oxygens (including phenoxy) is 4. The fourth-order valence-corrected chi connectivity index (χ4v) is 2.95. The summed E-state index contributed by atoms with van der Waals surface area (Å²) in [4.78, 5) is 10.4. The van der Waals surface area contributed by atoms with Gasteiger partial charge in [0.25, 0.3) is 6.47 Å².